The second-order valence-corrected chi connectivity index (χ2v) is 7.14. The first-order valence-electron chi connectivity index (χ1n) is 9.83. The van der Waals surface area contributed by atoms with Crippen LogP contribution in [0.2, 0.25) is 0 Å². The number of hydrogen-bond donors (Lipinski definition) is 1. The van der Waals surface area contributed by atoms with Crippen LogP contribution in [0, 0.1) is 0 Å². The fourth-order valence-corrected chi connectivity index (χ4v) is 3.39. The topological polar surface area (TPSA) is 60.4 Å². The Kier molecular flexibility index (Phi) is 13.9. The Hall–Kier alpha value is -0.870. The summed E-state index contributed by atoms with van der Waals surface area (Å²) in [6.45, 7) is 10.2. The molecular formula is C20H39NO3. The average Bonchev–Trinajstić information content (AvgIpc) is 2.51. The number of rotatable bonds is 17. The smallest absolute Gasteiger partial charge is 0.119 e. The van der Waals surface area contributed by atoms with E-state index in [1.54, 1.807) is 0 Å². The zero-order chi connectivity index (χ0) is 18.3. The Labute approximate surface area is 149 Å². The van der Waals surface area contributed by atoms with Crippen LogP contribution >= 0.6 is 0 Å². The summed E-state index contributed by atoms with van der Waals surface area (Å²) in [5, 5.41) is 21.8. The van der Waals surface area contributed by atoms with Crippen molar-refractivity contribution >= 4 is 5.97 Å². The molecule has 0 aliphatic rings. The van der Waals surface area contributed by atoms with E-state index >= 15 is 0 Å². The van der Waals surface area contributed by atoms with Crippen molar-refractivity contribution in [2.75, 3.05) is 26.2 Å². The Balaban J connectivity index is 4.78. The molecule has 1 N–H and O–H groups in total. The normalized spacial score (nSPS) is 13.0. The molecule has 0 heterocycles. The van der Waals surface area contributed by atoms with Crippen LogP contribution in [-0.2, 0) is 4.79 Å². The van der Waals surface area contributed by atoms with E-state index in [4.69, 9.17) is 0 Å². The summed E-state index contributed by atoms with van der Waals surface area (Å²) in [5.41, 5.74) is 0. The zero-order valence-electron chi connectivity index (χ0n) is 16.0. The molecule has 0 spiro atoms. The van der Waals surface area contributed by atoms with E-state index in [0.29, 0.717) is 11.0 Å². The summed E-state index contributed by atoms with van der Waals surface area (Å²) >= 11 is 0. The number of aliphatic carboxylic acids is 1. The van der Waals surface area contributed by atoms with E-state index in [0.717, 1.165) is 77.3 Å². The highest BCUT2D eigenvalue weighted by Crippen LogP contribution is 2.17. The lowest BCUT2D eigenvalue weighted by atomic mass is 10.1. The minimum Gasteiger partial charge on any atom is -0.544 e. The molecule has 0 amide bonds. The molecule has 142 valence electrons. The fraction of sp³-hybridized carbons (Fsp3) is 0.850. The van der Waals surface area contributed by atoms with Crippen LogP contribution in [0.3, 0.4) is 0 Å². The van der Waals surface area contributed by atoms with Gasteiger partial charge in [0.05, 0.1) is 19.1 Å². The van der Waals surface area contributed by atoms with Crippen LogP contribution in [0.1, 0.15) is 78.1 Å². The van der Waals surface area contributed by atoms with E-state index in [-0.39, 0.29) is 6.54 Å². The van der Waals surface area contributed by atoms with Gasteiger partial charge in [0, 0.05) is 0 Å². The molecule has 0 aliphatic heterocycles. The second kappa shape index (κ2) is 14.5. The molecule has 0 aromatic rings. The number of carbonyl (C=O) groups excluding carboxylic acids is 1. The van der Waals surface area contributed by atoms with Crippen LogP contribution in [-0.4, -0.2) is 47.8 Å². The number of quaternary nitrogens is 1. The first-order valence-corrected chi connectivity index (χ1v) is 9.83. The summed E-state index contributed by atoms with van der Waals surface area (Å²) in [6.07, 6.45) is 11.6. The third-order valence-corrected chi connectivity index (χ3v) is 4.73. The average molecular weight is 342 g/mol. The van der Waals surface area contributed by atoms with Gasteiger partial charge in [-0.2, -0.15) is 0 Å². The molecule has 0 aromatic heterocycles. The summed E-state index contributed by atoms with van der Waals surface area (Å²) in [6, 6.07) is 0. The van der Waals surface area contributed by atoms with Gasteiger partial charge >= 0.3 is 0 Å². The first-order chi connectivity index (χ1) is 11.5. The third-order valence-electron chi connectivity index (χ3n) is 4.73. The van der Waals surface area contributed by atoms with Gasteiger partial charge in [0.25, 0.3) is 0 Å². The van der Waals surface area contributed by atoms with E-state index in [1.165, 1.54) is 0 Å². The van der Waals surface area contributed by atoms with E-state index in [9.17, 15) is 15.0 Å². The largest absolute Gasteiger partial charge is 0.544 e. The Morgan fingerprint density at radius 2 is 1.67 bits per heavy atom. The molecule has 0 aliphatic carbocycles. The first kappa shape index (κ1) is 23.1. The standard InChI is InChI=1S/C20H39NO3/c1-4-7-10-11-14-19(22)17-21(18-20(23)24,15-12-8-5-2)16-13-9-6-3/h4,19,22H,1,5-18H2,2-3H3. The van der Waals surface area contributed by atoms with Gasteiger partial charge in [-0.1, -0.05) is 39.2 Å². The number of carboxylic acids is 1. The van der Waals surface area contributed by atoms with E-state index < -0.39 is 12.1 Å². The number of aliphatic hydroxyl groups excluding tert-OH is 1. The number of carboxylic acid groups (broad SMARTS) is 1. The molecule has 1 unspecified atom stereocenters. The summed E-state index contributed by atoms with van der Waals surface area (Å²) in [7, 11) is 0. The van der Waals surface area contributed by atoms with Gasteiger partial charge < -0.3 is 19.5 Å². The summed E-state index contributed by atoms with van der Waals surface area (Å²) < 4.78 is 0.477. The minimum absolute atomic E-state index is 0.0249. The monoisotopic (exact) mass is 341 g/mol. The van der Waals surface area contributed by atoms with Crippen molar-refractivity contribution in [3.05, 3.63) is 12.7 Å². The van der Waals surface area contributed by atoms with Crippen LogP contribution in [0.4, 0.5) is 0 Å². The lowest BCUT2D eigenvalue weighted by Gasteiger charge is -2.40. The SMILES string of the molecule is C=CCCCCC(O)C[N+](CCCCC)(CCCCC)CC(=O)[O-]. The molecule has 0 rings (SSSR count). The van der Waals surface area contributed by atoms with Crippen molar-refractivity contribution in [3.63, 3.8) is 0 Å². The molecule has 0 saturated carbocycles. The number of allylic oxidation sites excluding steroid dienone is 1. The highest BCUT2D eigenvalue weighted by atomic mass is 16.4. The molecule has 4 heteroatoms. The highest BCUT2D eigenvalue weighted by molar-refractivity contribution is 5.65. The number of unbranched alkanes of at least 4 members (excludes halogenated alkanes) is 6. The predicted molar refractivity (Wildman–Crippen MR) is 98.5 cm³/mol. The van der Waals surface area contributed by atoms with Crippen molar-refractivity contribution in [1.29, 1.82) is 0 Å². The fourth-order valence-electron chi connectivity index (χ4n) is 3.39. The van der Waals surface area contributed by atoms with Gasteiger partial charge in [0.1, 0.15) is 19.2 Å². The van der Waals surface area contributed by atoms with Crippen LogP contribution in [0.25, 0.3) is 0 Å². The highest BCUT2D eigenvalue weighted by Gasteiger charge is 2.29. The lowest BCUT2D eigenvalue weighted by Crippen LogP contribution is -2.58. The van der Waals surface area contributed by atoms with Gasteiger partial charge in [-0.15, -0.1) is 6.58 Å². The molecular weight excluding hydrogens is 302 g/mol. The molecule has 0 bridgehead atoms. The molecule has 4 nitrogen and oxygen atoms in total. The van der Waals surface area contributed by atoms with E-state index in [1.807, 2.05) is 6.08 Å². The summed E-state index contributed by atoms with van der Waals surface area (Å²) in [4.78, 5) is 11.3. The number of carbonyl (C=O) groups is 1. The zero-order valence-corrected chi connectivity index (χ0v) is 16.0. The Bertz CT molecular complexity index is 321. The van der Waals surface area contributed by atoms with Gasteiger partial charge in [0.15, 0.2) is 0 Å². The van der Waals surface area contributed by atoms with Crippen molar-refractivity contribution in [1.82, 2.24) is 0 Å². The lowest BCUT2D eigenvalue weighted by molar-refractivity contribution is -0.926. The van der Waals surface area contributed by atoms with Gasteiger partial charge in [0.2, 0.25) is 0 Å². The molecule has 24 heavy (non-hydrogen) atoms. The van der Waals surface area contributed by atoms with Crippen molar-refractivity contribution in [2.24, 2.45) is 0 Å². The maximum absolute atomic E-state index is 11.3. The molecule has 0 fully saturated rings. The third kappa shape index (κ3) is 11.6. The minimum atomic E-state index is -0.998. The number of hydrogen-bond acceptors (Lipinski definition) is 3. The maximum atomic E-state index is 11.3. The van der Waals surface area contributed by atoms with Gasteiger partial charge in [-0.3, -0.25) is 0 Å². The van der Waals surface area contributed by atoms with Crippen molar-refractivity contribution < 1.29 is 19.5 Å². The molecule has 0 aromatic carbocycles. The number of nitrogens with zero attached hydrogens (tertiary/aromatic N) is 1. The molecule has 0 saturated heterocycles. The number of aliphatic hydroxyl groups is 1. The van der Waals surface area contributed by atoms with Gasteiger partial charge in [-0.25, -0.2) is 0 Å². The molecule has 0 radical (unpaired) electrons. The Morgan fingerprint density at radius 3 is 2.12 bits per heavy atom. The van der Waals surface area contributed by atoms with E-state index in [2.05, 4.69) is 20.4 Å². The second-order valence-electron chi connectivity index (χ2n) is 7.14. The van der Waals surface area contributed by atoms with Crippen molar-refractivity contribution in [3.8, 4) is 0 Å². The Morgan fingerprint density at radius 1 is 1.08 bits per heavy atom. The summed E-state index contributed by atoms with van der Waals surface area (Å²) in [5.74, 6) is -0.998. The molecule has 1 atom stereocenters. The maximum Gasteiger partial charge on any atom is 0.119 e. The van der Waals surface area contributed by atoms with Gasteiger partial charge in [-0.05, 0) is 44.9 Å². The van der Waals surface area contributed by atoms with Crippen LogP contribution < -0.4 is 5.11 Å². The van der Waals surface area contributed by atoms with Crippen LogP contribution in [0.15, 0.2) is 12.7 Å². The van der Waals surface area contributed by atoms with Crippen molar-refractivity contribution in [2.45, 2.75) is 84.2 Å². The quantitative estimate of drug-likeness (QED) is 0.251. The predicted octanol–water partition coefficient (Wildman–Crippen LogP) is 3.04. The van der Waals surface area contributed by atoms with Crippen LogP contribution in [0.5, 0.6) is 0 Å².